The van der Waals surface area contributed by atoms with Crippen molar-refractivity contribution in [2.45, 2.75) is 19.4 Å². The van der Waals surface area contributed by atoms with E-state index in [-0.39, 0.29) is 0 Å². The molecule has 0 atom stereocenters. The fourth-order valence-electron chi connectivity index (χ4n) is 2.86. The number of carboxylic acid groups (broad SMARTS) is 2. The normalized spacial score (nSPS) is 15.2. The summed E-state index contributed by atoms with van der Waals surface area (Å²) in [4.78, 5) is 24.9. The molecule has 0 amide bonds. The third-order valence-corrected chi connectivity index (χ3v) is 4.17. The van der Waals surface area contributed by atoms with Crippen LogP contribution in [0.3, 0.4) is 0 Å². The van der Waals surface area contributed by atoms with Crippen LogP contribution in [0.15, 0.2) is 30.6 Å². The minimum Gasteiger partial charge on any atom is -0.473 e. The Labute approximate surface area is 144 Å². The maximum atomic E-state index is 9.10. The summed E-state index contributed by atoms with van der Waals surface area (Å²) in [6.45, 7) is 3.71. The van der Waals surface area contributed by atoms with Gasteiger partial charge in [-0.05, 0) is 44.0 Å². The monoisotopic (exact) mass is 344 g/mol. The van der Waals surface area contributed by atoms with E-state index >= 15 is 0 Å². The highest BCUT2D eigenvalue weighted by Gasteiger charge is 2.19. The highest BCUT2D eigenvalue weighted by Crippen LogP contribution is 2.21. The third-order valence-electron chi connectivity index (χ3n) is 4.17. The molecular formula is C17H20N4O4. The maximum Gasteiger partial charge on any atom is 0.414 e. The lowest BCUT2D eigenvalue weighted by Crippen LogP contribution is -2.35. The number of nitrogens with zero attached hydrogens (tertiary/aromatic N) is 4. The Morgan fingerprint density at radius 3 is 2.44 bits per heavy atom. The lowest BCUT2D eigenvalue weighted by Gasteiger charge is -2.30. The molecule has 1 aliphatic rings. The zero-order valence-electron chi connectivity index (χ0n) is 13.7. The van der Waals surface area contributed by atoms with Crippen LogP contribution >= 0.6 is 0 Å². The molecule has 3 rings (SSSR count). The number of aliphatic carboxylic acids is 2. The van der Waals surface area contributed by atoms with Gasteiger partial charge in [-0.25, -0.2) is 14.6 Å². The van der Waals surface area contributed by atoms with E-state index in [0.29, 0.717) is 12.5 Å². The first-order valence-corrected chi connectivity index (χ1v) is 7.96. The van der Waals surface area contributed by atoms with Gasteiger partial charge in [0.15, 0.2) is 0 Å². The molecule has 2 heterocycles. The van der Waals surface area contributed by atoms with Crippen molar-refractivity contribution >= 4 is 23.0 Å². The second-order valence-electron chi connectivity index (χ2n) is 5.87. The number of likely N-dealkylation sites (tertiary alicyclic amines) is 1. The molecule has 0 aliphatic carbocycles. The quantitative estimate of drug-likeness (QED) is 0.638. The summed E-state index contributed by atoms with van der Waals surface area (Å²) in [6, 6.07) is 10.5. The fraction of sp³-hybridized carbons (Fsp3) is 0.412. The molecule has 0 unspecified atom stereocenters. The first kappa shape index (κ1) is 18.4. The van der Waals surface area contributed by atoms with Crippen molar-refractivity contribution in [2.24, 2.45) is 5.92 Å². The number of imidazole rings is 1. The molecule has 8 heteroatoms. The lowest BCUT2D eigenvalue weighted by molar-refractivity contribution is -0.159. The van der Waals surface area contributed by atoms with Crippen molar-refractivity contribution in [3.05, 3.63) is 30.6 Å². The molecule has 1 aromatic carbocycles. The van der Waals surface area contributed by atoms with Crippen LogP contribution in [0, 0.1) is 17.2 Å². The van der Waals surface area contributed by atoms with Crippen LogP contribution in [0.2, 0.25) is 0 Å². The van der Waals surface area contributed by atoms with Crippen LogP contribution in [-0.4, -0.2) is 56.2 Å². The minimum atomic E-state index is -1.82. The van der Waals surface area contributed by atoms with Gasteiger partial charge in [0.2, 0.25) is 0 Å². The molecule has 8 nitrogen and oxygen atoms in total. The average Bonchev–Trinajstić information content (AvgIpc) is 3.00. The van der Waals surface area contributed by atoms with Gasteiger partial charge in [-0.3, -0.25) is 4.90 Å². The first-order valence-electron chi connectivity index (χ1n) is 7.96. The molecule has 132 valence electrons. The molecule has 2 N–H and O–H groups in total. The number of nitriles is 1. The number of benzene rings is 1. The van der Waals surface area contributed by atoms with Gasteiger partial charge in [-0.15, -0.1) is 0 Å². The summed E-state index contributed by atoms with van der Waals surface area (Å²) >= 11 is 0. The van der Waals surface area contributed by atoms with Crippen molar-refractivity contribution < 1.29 is 19.8 Å². The number of aromatic nitrogens is 2. The zero-order chi connectivity index (χ0) is 18.2. The van der Waals surface area contributed by atoms with Gasteiger partial charge in [-0.2, -0.15) is 5.26 Å². The van der Waals surface area contributed by atoms with E-state index in [0.717, 1.165) is 25.2 Å². The molecule has 1 saturated heterocycles. The number of carbonyl (C=O) groups is 2. The Hall–Kier alpha value is -2.92. The van der Waals surface area contributed by atoms with E-state index in [1.54, 1.807) is 0 Å². The van der Waals surface area contributed by atoms with Crippen LogP contribution in [0.25, 0.3) is 11.0 Å². The standard InChI is InChI=1S/C15H18N4.C2H2O4/c16-7-10-18-8-5-13(6-9-18)11-19-12-17-14-3-1-2-4-15(14)19;3-1(4)2(5)6/h1-4,12-13H,5-6,8-11H2;(H,3,4)(H,5,6). The highest BCUT2D eigenvalue weighted by molar-refractivity contribution is 6.27. The Morgan fingerprint density at radius 1 is 1.20 bits per heavy atom. The van der Waals surface area contributed by atoms with E-state index in [4.69, 9.17) is 25.1 Å². The van der Waals surface area contributed by atoms with Crippen molar-refractivity contribution in [1.82, 2.24) is 14.5 Å². The number of hydrogen-bond donors (Lipinski definition) is 2. The van der Waals surface area contributed by atoms with E-state index in [2.05, 4.69) is 38.7 Å². The first-order chi connectivity index (χ1) is 12.0. The maximum absolute atomic E-state index is 9.10. The Balaban J connectivity index is 0.000000326. The minimum absolute atomic E-state index is 0.570. The van der Waals surface area contributed by atoms with Crippen molar-refractivity contribution in [2.75, 3.05) is 19.6 Å². The van der Waals surface area contributed by atoms with Crippen LogP contribution in [-0.2, 0) is 16.1 Å². The molecule has 25 heavy (non-hydrogen) atoms. The summed E-state index contributed by atoms with van der Waals surface area (Å²) in [7, 11) is 0. The van der Waals surface area contributed by atoms with E-state index in [9.17, 15) is 0 Å². The summed E-state index contributed by atoms with van der Waals surface area (Å²) in [5, 5.41) is 23.5. The molecule has 1 aromatic heterocycles. The number of hydrogen-bond acceptors (Lipinski definition) is 5. The van der Waals surface area contributed by atoms with Crippen molar-refractivity contribution in [3.63, 3.8) is 0 Å². The van der Waals surface area contributed by atoms with E-state index in [1.807, 2.05) is 12.4 Å². The SMILES string of the molecule is N#CCN1CCC(Cn2cnc3ccccc32)CC1.O=C(O)C(=O)O. The Morgan fingerprint density at radius 2 is 1.84 bits per heavy atom. The summed E-state index contributed by atoms with van der Waals surface area (Å²) < 4.78 is 2.26. The number of para-hydroxylation sites is 2. The van der Waals surface area contributed by atoms with Gasteiger partial charge in [0.25, 0.3) is 0 Å². The zero-order valence-corrected chi connectivity index (χ0v) is 13.7. The van der Waals surface area contributed by atoms with Gasteiger partial charge in [-0.1, -0.05) is 12.1 Å². The average molecular weight is 344 g/mol. The van der Waals surface area contributed by atoms with Crippen molar-refractivity contribution in [3.8, 4) is 6.07 Å². The topological polar surface area (TPSA) is 119 Å². The second-order valence-corrected chi connectivity index (χ2v) is 5.87. The van der Waals surface area contributed by atoms with Gasteiger partial charge in [0.1, 0.15) is 0 Å². The molecule has 2 aromatic rings. The summed E-state index contributed by atoms with van der Waals surface area (Å²) in [6.07, 6.45) is 4.30. The highest BCUT2D eigenvalue weighted by atomic mass is 16.4. The van der Waals surface area contributed by atoms with Gasteiger partial charge in [0, 0.05) is 6.54 Å². The van der Waals surface area contributed by atoms with Crippen molar-refractivity contribution in [1.29, 1.82) is 5.26 Å². The molecule has 0 bridgehead atoms. The molecule has 0 saturated carbocycles. The van der Waals surface area contributed by atoms with Crippen LogP contribution in [0.5, 0.6) is 0 Å². The Kier molecular flexibility index (Phi) is 6.48. The number of piperidine rings is 1. The number of carboxylic acids is 2. The predicted molar refractivity (Wildman–Crippen MR) is 89.8 cm³/mol. The third kappa shape index (κ3) is 5.29. The molecular weight excluding hydrogens is 324 g/mol. The fourth-order valence-corrected chi connectivity index (χ4v) is 2.86. The summed E-state index contributed by atoms with van der Waals surface area (Å²) in [5.41, 5.74) is 2.30. The van der Waals surface area contributed by atoms with E-state index in [1.165, 1.54) is 18.4 Å². The predicted octanol–water partition coefficient (Wildman–Crippen LogP) is 1.43. The molecule has 1 fully saturated rings. The Bertz CT molecular complexity index is 760. The van der Waals surface area contributed by atoms with Gasteiger partial charge in [0.05, 0.1) is 30.0 Å². The lowest BCUT2D eigenvalue weighted by atomic mass is 9.96. The van der Waals surface area contributed by atoms with Crippen LogP contribution < -0.4 is 0 Å². The molecule has 1 aliphatic heterocycles. The largest absolute Gasteiger partial charge is 0.473 e. The number of rotatable bonds is 3. The number of fused-ring (bicyclic) bond motifs is 1. The second kappa shape index (κ2) is 8.80. The molecule has 0 spiro atoms. The van der Waals surface area contributed by atoms with Crippen LogP contribution in [0.4, 0.5) is 0 Å². The smallest absolute Gasteiger partial charge is 0.414 e. The van der Waals surface area contributed by atoms with Gasteiger partial charge >= 0.3 is 11.9 Å². The summed E-state index contributed by atoms with van der Waals surface area (Å²) in [5.74, 6) is -2.95. The molecule has 0 radical (unpaired) electrons. The van der Waals surface area contributed by atoms with Crippen LogP contribution in [0.1, 0.15) is 12.8 Å². The van der Waals surface area contributed by atoms with E-state index < -0.39 is 11.9 Å². The van der Waals surface area contributed by atoms with Gasteiger partial charge < -0.3 is 14.8 Å².